The molecular formula is C33H39FN4OS. The molecular weight excluding hydrogens is 519 g/mol. The second-order valence-corrected chi connectivity index (χ2v) is 13.4. The molecule has 1 amide bonds. The van der Waals surface area contributed by atoms with Gasteiger partial charge >= 0.3 is 0 Å². The van der Waals surface area contributed by atoms with Gasteiger partial charge in [-0.25, -0.2) is 4.39 Å². The summed E-state index contributed by atoms with van der Waals surface area (Å²) in [6.07, 6.45) is 4.59. The predicted molar refractivity (Wildman–Crippen MR) is 164 cm³/mol. The lowest BCUT2D eigenvalue weighted by Gasteiger charge is -2.39. The van der Waals surface area contributed by atoms with Gasteiger partial charge in [-0.1, -0.05) is 19.4 Å². The number of allylic oxidation sites excluding steroid dienone is 1. The van der Waals surface area contributed by atoms with E-state index < -0.39 is 0 Å². The number of hydrogen-bond donors (Lipinski definition) is 1. The lowest BCUT2D eigenvalue weighted by Crippen LogP contribution is -2.47. The van der Waals surface area contributed by atoms with Crippen LogP contribution in [0.2, 0.25) is 0 Å². The van der Waals surface area contributed by atoms with Crippen LogP contribution in [-0.2, 0) is 13.0 Å². The van der Waals surface area contributed by atoms with Crippen LogP contribution in [0.5, 0.6) is 0 Å². The maximum absolute atomic E-state index is 13.5. The molecule has 0 spiro atoms. The Bertz CT molecular complexity index is 1400. The number of nitrogens with two attached hydrogens (primary N) is 1. The largest absolute Gasteiger partial charge is 0.369 e. The van der Waals surface area contributed by atoms with Gasteiger partial charge in [0.25, 0.3) is 0 Å². The fourth-order valence-electron chi connectivity index (χ4n) is 6.39. The number of nitrogens with zero attached hydrogens (tertiary/aromatic N) is 3. The monoisotopic (exact) mass is 558 g/mol. The van der Waals surface area contributed by atoms with Crippen molar-refractivity contribution in [3.05, 3.63) is 86.9 Å². The molecule has 5 nitrogen and oxygen atoms in total. The van der Waals surface area contributed by atoms with Gasteiger partial charge in [-0.3, -0.25) is 9.69 Å². The van der Waals surface area contributed by atoms with Crippen molar-refractivity contribution in [3.63, 3.8) is 0 Å². The number of fused-ring (bicyclic) bond motifs is 1. The summed E-state index contributed by atoms with van der Waals surface area (Å²) in [6.45, 7) is 11.8. The number of carbonyl (C=O) groups is 1. The molecule has 210 valence electrons. The highest BCUT2D eigenvalue weighted by atomic mass is 32.1. The van der Waals surface area contributed by atoms with E-state index in [4.69, 9.17) is 5.73 Å². The molecule has 2 N–H and O–H groups in total. The van der Waals surface area contributed by atoms with Gasteiger partial charge in [0.15, 0.2) is 0 Å². The fraction of sp³-hybridized carbons (Fsp3) is 0.424. The molecule has 1 fully saturated rings. The minimum Gasteiger partial charge on any atom is -0.369 e. The Morgan fingerprint density at radius 2 is 1.60 bits per heavy atom. The van der Waals surface area contributed by atoms with Crippen molar-refractivity contribution >= 4 is 34.2 Å². The lowest BCUT2D eigenvalue weighted by atomic mass is 9.73. The molecule has 0 saturated carbocycles. The van der Waals surface area contributed by atoms with Crippen LogP contribution in [0.25, 0.3) is 5.57 Å². The van der Waals surface area contributed by atoms with E-state index in [1.165, 1.54) is 28.2 Å². The molecule has 1 aromatic heterocycles. The van der Waals surface area contributed by atoms with Gasteiger partial charge < -0.3 is 15.5 Å². The molecule has 0 radical (unpaired) electrons. The predicted octanol–water partition coefficient (Wildman–Crippen LogP) is 6.33. The van der Waals surface area contributed by atoms with Crippen LogP contribution in [0.15, 0.2) is 60.2 Å². The van der Waals surface area contributed by atoms with E-state index in [1.54, 1.807) is 23.3 Å². The van der Waals surface area contributed by atoms with Gasteiger partial charge in [-0.05, 0) is 96.8 Å². The van der Waals surface area contributed by atoms with E-state index >= 15 is 0 Å². The normalized spacial score (nSPS) is 19.6. The molecule has 3 aliphatic rings. The van der Waals surface area contributed by atoms with E-state index in [-0.39, 0.29) is 11.7 Å². The second-order valence-electron chi connectivity index (χ2n) is 12.3. The first-order valence-corrected chi connectivity index (χ1v) is 15.3. The SMILES string of the molecule is CC1(C)CCC(CN2CCN(c3ccc(C(N)=O)cc3)CC2)=C(c2cc3c(s2)CCN(c2ccc(F)cc2)C3)C1. The van der Waals surface area contributed by atoms with Gasteiger partial charge in [-0.2, -0.15) is 0 Å². The van der Waals surface area contributed by atoms with E-state index in [1.807, 2.05) is 47.7 Å². The van der Waals surface area contributed by atoms with E-state index in [9.17, 15) is 9.18 Å². The maximum Gasteiger partial charge on any atom is 0.248 e. The van der Waals surface area contributed by atoms with Crippen LogP contribution in [0.1, 0.15) is 58.8 Å². The summed E-state index contributed by atoms with van der Waals surface area (Å²) in [5, 5.41) is 0. The Labute approximate surface area is 241 Å². The zero-order valence-corrected chi connectivity index (χ0v) is 24.4. The maximum atomic E-state index is 13.5. The topological polar surface area (TPSA) is 52.8 Å². The van der Waals surface area contributed by atoms with Gasteiger partial charge in [0, 0.05) is 72.5 Å². The summed E-state index contributed by atoms with van der Waals surface area (Å²) < 4.78 is 13.5. The van der Waals surface area contributed by atoms with Crippen molar-refractivity contribution in [1.29, 1.82) is 0 Å². The Morgan fingerprint density at radius 3 is 2.30 bits per heavy atom. The summed E-state index contributed by atoms with van der Waals surface area (Å²) in [5.41, 5.74) is 13.2. The fourth-order valence-corrected chi connectivity index (χ4v) is 7.65. The third kappa shape index (κ3) is 5.81. The third-order valence-electron chi connectivity index (χ3n) is 8.85. The number of primary amides is 1. The summed E-state index contributed by atoms with van der Waals surface area (Å²) in [7, 11) is 0. The van der Waals surface area contributed by atoms with Crippen LogP contribution >= 0.6 is 11.3 Å². The molecule has 0 atom stereocenters. The van der Waals surface area contributed by atoms with E-state index in [0.29, 0.717) is 11.0 Å². The van der Waals surface area contributed by atoms with Crippen molar-refractivity contribution in [2.24, 2.45) is 11.1 Å². The van der Waals surface area contributed by atoms with Crippen molar-refractivity contribution in [2.45, 2.75) is 46.1 Å². The molecule has 6 rings (SSSR count). The van der Waals surface area contributed by atoms with E-state index in [2.05, 4.69) is 34.6 Å². The number of anilines is 2. The van der Waals surface area contributed by atoms with Crippen LogP contribution in [0.3, 0.4) is 0 Å². The van der Waals surface area contributed by atoms with Crippen molar-refractivity contribution in [1.82, 2.24) is 4.90 Å². The zero-order valence-electron chi connectivity index (χ0n) is 23.6. The lowest BCUT2D eigenvalue weighted by molar-refractivity contribution is 0.100. The molecule has 40 heavy (non-hydrogen) atoms. The molecule has 2 aromatic carbocycles. The van der Waals surface area contributed by atoms with Crippen molar-refractivity contribution in [3.8, 4) is 0 Å². The first-order valence-electron chi connectivity index (χ1n) is 14.4. The first kappa shape index (κ1) is 27.0. The second kappa shape index (κ2) is 11.0. The number of carbonyl (C=O) groups excluding carboxylic acids is 1. The highest BCUT2D eigenvalue weighted by molar-refractivity contribution is 7.13. The van der Waals surface area contributed by atoms with Crippen LogP contribution in [0.4, 0.5) is 15.8 Å². The summed E-state index contributed by atoms with van der Waals surface area (Å²) in [4.78, 5) is 21.8. The zero-order chi connectivity index (χ0) is 27.9. The number of amides is 1. The Morgan fingerprint density at radius 1 is 0.925 bits per heavy atom. The molecule has 7 heteroatoms. The highest BCUT2D eigenvalue weighted by Gasteiger charge is 2.31. The molecule has 0 bridgehead atoms. The minimum atomic E-state index is -0.382. The number of hydrogen-bond acceptors (Lipinski definition) is 5. The van der Waals surface area contributed by atoms with Crippen LogP contribution in [-0.4, -0.2) is 50.1 Å². The summed E-state index contributed by atoms with van der Waals surface area (Å²) in [6, 6.07) is 17.0. The van der Waals surface area contributed by atoms with Gasteiger partial charge in [0.2, 0.25) is 5.91 Å². The minimum absolute atomic E-state index is 0.182. The number of rotatable bonds is 6. The molecule has 3 heterocycles. The molecule has 1 aliphatic carbocycles. The van der Waals surface area contributed by atoms with Crippen LogP contribution < -0.4 is 15.5 Å². The molecule has 2 aliphatic heterocycles. The highest BCUT2D eigenvalue weighted by Crippen LogP contribution is 2.46. The Hall–Kier alpha value is -3.16. The number of piperazine rings is 1. The Kier molecular flexibility index (Phi) is 7.44. The summed E-state index contributed by atoms with van der Waals surface area (Å²) >= 11 is 2.00. The van der Waals surface area contributed by atoms with E-state index in [0.717, 1.165) is 70.0 Å². The number of benzene rings is 2. The Balaban J connectivity index is 1.16. The third-order valence-corrected chi connectivity index (χ3v) is 10.1. The van der Waals surface area contributed by atoms with Crippen LogP contribution in [0, 0.1) is 11.2 Å². The quantitative estimate of drug-likeness (QED) is 0.384. The van der Waals surface area contributed by atoms with Gasteiger partial charge in [-0.15, -0.1) is 11.3 Å². The number of thiophene rings is 1. The van der Waals surface area contributed by atoms with Crippen molar-refractivity contribution in [2.75, 3.05) is 49.1 Å². The molecule has 1 saturated heterocycles. The number of halogens is 1. The average Bonchev–Trinajstić information content (AvgIpc) is 3.38. The van der Waals surface area contributed by atoms with Crippen molar-refractivity contribution < 1.29 is 9.18 Å². The molecule has 0 unspecified atom stereocenters. The standard InChI is InChI=1S/C33H39FN4OS/c1-33(2)13-11-24(21-36-15-17-37(18-16-36)27-7-3-23(4-8-27)32(35)39)29(20-33)31-19-25-22-38(14-12-30(25)40-31)28-9-5-26(34)6-10-28/h3-10,19H,11-18,20-22H2,1-2H3,(H2,35,39). The smallest absolute Gasteiger partial charge is 0.248 e. The van der Waals surface area contributed by atoms with Gasteiger partial charge in [0.05, 0.1) is 0 Å². The molecule has 3 aromatic rings. The summed E-state index contributed by atoms with van der Waals surface area (Å²) in [5.74, 6) is -0.563. The average molecular weight is 559 g/mol. The first-order chi connectivity index (χ1) is 19.2. The van der Waals surface area contributed by atoms with Gasteiger partial charge in [0.1, 0.15) is 5.82 Å².